The molecule has 9 heteroatoms. The minimum absolute atomic E-state index is 0.107. The molecule has 0 saturated carbocycles. The van der Waals surface area contributed by atoms with Crippen LogP contribution in [0.1, 0.15) is 17.1 Å². The van der Waals surface area contributed by atoms with E-state index in [9.17, 15) is 13.2 Å². The molecule has 1 N–H and O–H groups in total. The smallest absolute Gasteiger partial charge is 0.253 e. The van der Waals surface area contributed by atoms with E-state index in [4.69, 9.17) is 0 Å². The van der Waals surface area contributed by atoms with Crippen molar-refractivity contribution in [3.8, 4) is 5.95 Å². The first-order valence-electron chi connectivity index (χ1n) is 7.39. The van der Waals surface area contributed by atoms with Crippen molar-refractivity contribution in [1.29, 1.82) is 0 Å². The van der Waals surface area contributed by atoms with E-state index < -0.39 is 12.0 Å². The van der Waals surface area contributed by atoms with E-state index in [0.717, 1.165) is 5.56 Å². The summed E-state index contributed by atoms with van der Waals surface area (Å²) in [4.78, 5) is 7.81. The van der Waals surface area contributed by atoms with E-state index >= 15 is 0 Å². The number of H-pyrrole nitrogens is 1. The number of rotatable bonds is 3. The van der Waals surface area contributed by atoms with Crippen molar-refractivity contribution in [2.24, 2.45) is 0 Å². The summed E-state index contributed by atoms with van der Waals surface area (Å²) >= 11 is 0. The molecule has 0 spiro atoms. The van der Waals surface area contributed by atoms with Gasteiger partial charge in [-0.2, -0.15) is 27.9 Å². The van der Waals surface area contributed by atoms with Gasteiger partial charge in [-0.15, -0.1) is 5.10 Å². The summed E-state index contributed by atoms with van der Waals surface area (Å²) in [5.41, 5.74) is 2.83. The number of hydrogen-bond acceptors (Lipinski definition) is 4. The Labute approximate surface area is 139 Å². The van der Waals surface area contributed by atoms with Gasteiger partial charge in [-0.05, 0) is 17.7 Å². The van der Waals surface area contributed by atoms with Crippen LogP contribution in [0.2, 0.25) is 0 Å². The summed E-state index contributed by atoms with van der Waals surface area (Å²) in [6.07, 6.45) is -2.51. The molecule has 0 aliphatic carbocycles. The highest BCUT2D eigenvalue weighted by Gasteiger charge is 2.36. The third-order valence-electron chi connectivity index (χ3n) is 3.65. The van der Waals surface area contributed by atoms with Crippen molar-refractivity contribution in [2.75, 3.05) is 0 Å². The molecule has 0 fully saturated rings. The maximum atomic E-state index is 12.7. The van der Waals surface area contributed by atoms with Crippen LogP contribution in [0.4, 0.5) is 13.2 Å². The first-order valence-corrected chi connectivity index (χ1v) is 7.39. The number of nitrogens with one attached hydrogen (secondary N) is 1. The van der Waals surface area contributed by atoms with Crippen LogP contribution in [0.15, 0.2) is 48.7 Å². The number of pyridine rings is 1. The molecule has 0 aliphatic heterocycles. The molecule has 0 atom stereocenters. The van der Waals surface area contributed by atoms with Gasteiger partial charge in [-0.1, -0.05) is 30.3 Å². The quantitative estimate of drug-likeness (QED) is 0.620. The highest BCUT2D eigenvalue weighted by molar-refractivity contribution is 5.79. The Morgan fingerprint density at radius 1 is 1.04 bits per heavy atom. The second-order valence-electron chi connectivity index (χ2n) is 5.37. The minimum atomic E-state index is -4.62. The molecular formula is C16H11F3N6. The Morgan fingerprint density at radius 3 is 2.56 bits per heavy atom. The number of halogens is 3. The van der Waals surface area contributed by atoms with E-state index in [1.807, 2.05) is 30.3 Å². The van der Waals surface area contributed by atoms with Gasteiger partial charge in [0.1, 0.15) is 5.52 Å². The van der Waals surface area contributed by atoms with Crippen LogP contribution < -0.4 is 0 Å². The first-order chi connectivity index (χ1) is 12.0. The van der Waals surface area contributed by atoms with Crippen LogP contribution in [0, 0.1) is 0 Å². The zero-order valence-corrected chi connectivity index (χ0v) is 12.7. The fourth-order valence-electron chi connectivity index (χ4n) is 2.56. The zero-order valence-electron chi connectivity index (χ0n) is 12.7. The van der Waals surface area contributed by atoms with Crippen LogP contribution in [0.25, 0.3) is 17.0 Å². The number of alkyl halides is 3. The van der Waals surface area contributed by atoms with E-state index in [-0.39, 0.29) is 5.95 Å². The van der Waals surface area contributed by atoms with E-state index in [0.29, 0.717) is 23.1 Å². The lowest BCUT2D eigenvalue weighted by Crippen LogP contribution is -2.08. The van der Waals surface area contributed by atoms with Gasteiger partial charge in [0.25, 0.3) is 5.82 Å². The largest absolute Gasteiger partial charge is 0.453 e. The molecule has 6 nitrogen and oxygen atoms in total. The van der Waals surface area contributed by atoms with Crippen LogP contribution in [0.3, 0.4) is 0 Å². The van der Waals surface area contributed by atoms with Gasteiger partial charge in [0, 0.05) is 12.6 Å². The Kier molecular flexibility index (Phi) is 3.48. The molecule has 4 rings (SSSR count). The molecule has 0 radical (unpaired) electrons. The van der Waals surface area contributed by atoms with Gasteiger partial charge < -0.3 is 0 Å². The lowest BCUT2D eigenvalue weighted by Gasteiger charge is -1.98. The van der Waals surface area contributed by atoms with Crippen LogP contribution in [-0.2, 0) is 12.6 Å². The molecule has 25 heavy (non-hydrogen) atoms. The van der Waals surface area contributed by atoms with E-state index in [1.54, 1.807) is 18.3 Å². The van der Waals surface area contributed by atoms with Gasteiger partial charge in [-0.3, -0.25) is 4.98 Å². The predicted molar refractivity (Wildman–Crippen MR) is 83.1 cm³/mol. The molecule has 3 aromatic heterocycles. The Hall–Kier alpha value is -3.23. The van der Waals surface area contributed by atoms with Gasteiger partial charge >= 0.3 is 6.18 Å². The van der Waals surface area contributed by atoms with Crippen molar-refractivity contribution in [2.45, 2.75) is 12.6 Å². The number of benzene rings is 1. The molecular weight excluding hydrogens is 333 g/mol. The van der Waals surface area contributed by atoms with Crippen molar-refractivity contribution >= 4 is 11.0 Å². The number of fused-ring (bicyclic) bond motifs is 1. The van der Waals surface area contributed by atoms with Crippen molar-refractivity contribution in [1.82, 2.24) is 29.9 Å². The fraction of sp³-hybridized carbons (Fsp3) is 0.125. The summed E-state index contributed by atoms with van der Waals surface area (Å²) in [5, 5.41) is 9.91. The van der Waals surface area contributed by atoms with Gasteiger partial charge in [0.15, 0.2) is 0 Å². The lowest BCUT2D eigenvalue weighted by molar-refractivity contribution is -0.144. The summed E-state index contributed by atoms with van der Waals surface area (Å²) in [5.74, 6) is -1.34. The molecule has 0 amide bonds. The Morgan fingerprint density at radius 2 is 1.84 bits per heavy atom. The standard InChI is InChI=1S/C16H11F3N6/c17-16(18,19)14-21-15(23-22-14)25-12-7-4-8-20-13(12)11(24-25)9-10-5-2-1-3-6-10/h1-8H,9H2,(H,21,22,23). The van der Waals surface area contributed by atoms with Gasteiger partial charge in [-0.25, -0.2) is 5.10 Å². The maximum absolute atomic E-state index is 12.7. The second-order valence-corrected chi connectivity index (χ2v) is 5.37. The second kappa shape index (κ2) is 5.69. The normalized spacial score (nSPS) is 12.0. The van der Waals surface area contributed by atoms with Crippen molar-refractivity contribution < 1.29 is 13.2 Å². The Bertz CT molecular complexity index is 1020. The van der Waals surface area contributed by atoms with Crippen LogP contribution in [-0.4, -0.2) is 29.9 Å². The average molecular weight is 344 g/mol. The average Bonchev–Trinajstić information content (AvgIpc) is 3.21. The molecule has 3 heterocycles. The predicted octanol–water partition coefficient (Wildman–Crippen LogP) is 3.15. The van der Waals surface area contributed by atoms with Crippen molar-refractivity contribution in [3.05, 3.63) is 65.7 Å². The third kappa shape index (κ3) is 2.84. The fourth-order valence-corrected chi connectivity index (χ4v) is 2.56. The topological polar surface area (TPSA) is 72.3 Å². The SMILES string of the molecule is FC(F)(F)c1n[nH]c(-n2nc(Cc3ccccc3)c3ncccc32)n1. The summed E-state index contributed by atoms with van der Waals surface area (Å²) < 4.78 is 39.5. The minimum Gasteiger partial charge on any atom is -0.253 e. The molecule has 0 saturated heterocycles. The zero-order chi connectivity index (χ0) is 17.4. The maximum Gasteiger partial charge on any atom is 0.453 e. The van der Waals surface area contributed by atoms with Crippen LogP contribution >= 0.6 is 0 Å². The monoisotopic (exact) mass is 344 g/mol. The van der Waals surface area contributed by atoms with Crippen LogP contribution in [0.5, 0.6) is 0 Å². The third-order valence-corrected chi connectivity index (χ3v) is 3.65. The summed E-state index contributed by atoms with van der Waals surface area (Å²) in [6.45, 7) is 0. The summed E-state index contributed by atoms with van der Waals surface area (Å²) in [6, 6.07) is 13.0. The molecule has 4 aromatic rings. The number of hydrogen-bond donors (Lipinski definition) is 1. The van der Waals surface area contributed by atoms with Gasteiger partial charge in [0.05, 0.1) is 11.2 Å². The molecule has 126 valence electrons. The van der Waals surface area contributed by atoms with E-state index in [1.165, 1.54) is 4.68 Å². The van der Waals surface area contributed by atoms with Crippen molar-refractivity contribution in [3.63, 3.8) is 0 Å². The Balaban J connectivity index is 1.81. The first kappa shape index (κ1) is 15.3. The highest BCUT2D eigenvalue weighted by atomic mass is 19.4. The van der Waals surface area contributed by atoms with E-state index in [2.05, 4.69) is 25.3 Å². The number of nitrogens with zero attached hydrogens (tertiary/aromatic N) is 5. The molecule has 1 aromatic carbocycles. The number of aromatic amines is 1. The van der Waals surface area contributed by atoms with Gasteiger partial charge in [0.2, 0.25) is 5.95 Å². The molecule has 0 unspecified atom stereocenters. The number of aromatic nitrogens is 6. The lowest BCUT2D eigenvalue weighted by atomic mass is 10.1. The summed E-state index contributed by atoms with van der Waals surface area (Å²) in [7, 11) is 0. The molecule has 0 aliphatic rings. The highest BCUT2D eigenvalue weighted by Crippen LogP contribution is 2.27. The molecule has 0 bridgehead atoms.